The van der Waals surface area contributed by atoms with Crippen LogP contribution in [-0.4, -0.2) is 34.4 Å². The summed E-state index contributed by atoms with van der Waals surface area (Å²) in [4.78, 5) is 15.6. The molecule has 0 spiro atoms. The number of aliphatic hydroxyl groups is 1. The van der Waals surface area contributed by atoms with Gasteiger partial charge in [-0.05, 0) is 26.8 Å². The van der Waals surface area contributed by atoms with E-state index >= 15 is 0 Å². The Labute approximate surface area is 106 Å². The summed E-state index contributed by atoms with van der Waals surface area (Å²) in [5.41, 5.74) is 4.84. The molecule has 0 saturated carbocycles. The lowest BCUT2D eigenvalue weighted by atomic mass is 10.2. The summed E-state index contributed by atoms with van der Waals surface area (Å²) in [7, 11) is 0. The molecule has 0 aliphatic heterocycles. The molecule has 1 heterocycles. The van der Waals surface area contributed by atoms with Gasteiger partial charge in [0.15, 0.2) is 0 Å². The second kappa shape index (κ2) is 5.68. The van der Waals surface area contributed by atoms with Gasteiger partial charge in [0.1, 0.15) is 11.4 Å². The van der Waals surface area contributed by atoms with Crippen molar-refractivity contribution < 1.29 is 19.4 Å². The molecule has 100 valence electrons. The first-order chi connectivity index (χ1) is 8.31. The Bertz CT molecular complexity index is 415. The third kappa shape index (κ3) is 4.58. The van der Waals surface area contributed by atoms with Crippen molar-refractivity contribution in [2.75, 3.05) is 12.3 Å². The largest absolute Gasteiger partial charge is 0.460 e. The molecule has 0 aliphatic rings. The van der Waals surface area contributed by atoms with E-state index in [4.69, 9.17) is 20.3 Å². The molecule has 1 aromatic rings. The summed E-state index contributed by atoms with van der Waals surface area (Å²) in [6.07, 6.45) is -1.11. The fourth-order valence-corrected chi connectivity index (χ4v) is 1.17. The van der Waals surface area contributed by atoms with E-state index < -0.39 is 24.3 Å². The van der Waals surface area contributed by atoms with E-state index in [1.807, 2.05) is 0 Å². The predicted octanol–water partition coefficient (Wildman–Crippen LogP) is 0.745. The zero-order valence-electron chi connectivity index (χ0n) is 10.7. The van der Waals surface area contributed by atoms with Crippen molar-refractivity contribution in [2.24, 2.45) is 0 Å². The Balaban J connectivity index is 2.70. The van der Waals surface area contributed by atoms with Crippen LogP contribution in [-0.2, 0) is 9.53 Å². The van der Waals surface area contributed by atoms with E-state index in [9.17, 15) is 4.79 Å². The third-order valence-electron chi connectivity index (χ3n) is 1.84. The van der Waals surface area contributed by atoms with Crippen LogP contribution in [0.5, 0.6) is 5.88 Å². The van der Waals surface area contributed by atoms with Gasteiger partial charge in [0.2, 0.25) is 12.0 Å². The van der Waals surface area contributed by atoms with E-state index in [0.29, 0.717) is 0 Å². The van der Waals surface area contributed by atoms with Crippen LogP contribution in [0.4, 0.5) is 5.82 Å². The van der Waals surface area contributed by atoms with Gasteiger partial charge in [-0.15, -0.1) is 0 Å². The molecule has 1 aromatic heterocycles. The number of pyridine rings is 1. The summed E-state index contributed by atoms with van der Waals surface area (Å²) in [6, 6.07) is 4.78. The highest BCUT2D eigenvalue weighted by Crippen LogP contribution is 2.14. The molecule has 0 bridgehead atoms. The van der Waals surface area contributed by atoms with E-state index in [-0.39, 0.29) is 11.7 Å². The smallest absolute Gasteiger partial charge is 0.350 e. The van der Waals surface area contributed by atoms with Gasteiger partial charge in [-0.1, -0.05) is 6.07 Å². The van der Waals surface area contributed by atoms with Crippen LogP contribution in [0.3, 0.4) is 0 Å². The molecular weight excluding hydrogens is 236 g/mol. The molecule has 18 heavy (non-hydrogen) atoms. The van der Waals surface area contributed by atoms with Gasteiger partial charge < -0.3 is 20.3 Å². The molecule has 0 radical (unpaired) electrons. The van der Waals surface area contributed by atoms with Gasteiger partial charge in [0.05, 0.1) is 6.61 Å². The minimum absolute atomic E-state index is 0.167. The maximum absolute atomic E-state index is 11.7. The predicted molar refractivity (Wildman–Crippen MR) is 66.0 cm³/mol. The molecular formula is C12H18N2O4. The number of aliphatic hydroxyl groups excluding tert-OH is 1. The highest BCUT2D eigenvalue weighted by Gasteiger charge is 2.26. The van der Waals surface area contributed by atoms with Gasteiger partial charge in [-0.3, -0.25) is 0 Å². The Morgan fingerprint density at radius 3 is 2.67 bits per heavy atom. The lowest BCUT2D eigenvalue weighted by Crippen LogP contribution is -2.37. The van der Waals surface area contributed by atoms with Gasteiger partial charge in [-0.2, -0.15) is 4.98 Å². The number of nitrogens with zero attached hydrogens (tertiary/aromatic N) is 1. The summed E-state index contributed by atoms with van der Waals surface area (Å²) in [5.74, 6) is -0.206. The zero-order chi connectivity index (χ0) is 13.8. The van der Waals surface area contributed by atoms with E-state index in [0.717, 1.165) is 0 Å². The number of anilines is 1. The fraction of sp³-hybridized carbons (Fsp3) is 0.500. The van der Waals surface area contributed by atoms with Crippen LogP contribution in [0.15, 0.2) is 18.2 Å². The maximum atomic E-state index is 11.7. The molecule has 1 unspecified atom stereocenters. The molecule has 0 saturated heterocycles. The zero-order valence-corrected chi connectivity index (χ0v) is 10.7. The van der Waals surface area contributed by atoms with Crippen LogP contribution in [0, 0.1) is 0 Å². The first-order valence-corrected chi connectivity index (χ1v) is 5.55. The van der Waals surface area contributed by atoms with Crippen LogP contribution in [0.2, 0.25) is 0 Å². The highest BCUT2D eigenvalue weighted by molar-refractivity contribution is 5.75. The lowest BCUT2D eigenvalue weighted by molar-refractivity contribution is -0.165. The second-order valence-electron chi connectivity index (χ2n) is 4.72. The average Bonchev–Trinajstić information content (AvgIpc) is 2.23. The van der Waals surface area contributed by atoms with Crippen LogP contribution in [0.25, 0.3) is 0 Å². The monoisotopic (exact) mass is 254 g/mol. The van der Waals surface area contributed by atoms with Crippen molar-refractivity contribution >= 4 is 11.8 Å². The van der Waals surface area contributed by atoms with Gasteiger partial charge in [0.25, 0.3) is 0 Å². The molecule has 6 heteroatoms. The Hall–Kier alpha value is -1.82. The number of ether oxygens (including phenoxy) is 2. The third-order valence-corrected chi connectivity index (χ3v) is 1.84. The average molecular weight is 254 g/mol. The van der Waals surface area contributed by atoms with E-state index in [1.54, 1.807) is 39.0 Å². The fourth-order valence-electron chi connectivity index (χ4n) is 1.17. The molecule has 0 aliphatic carbocycles. The number of nitrogen functional groups attached to an aromatic ring is 1. The van der Waals surface area contributed by atoms with E-state index in [2.05, 4.69) is 4.98 Å². The van der Waals surface area contributed by atoms with Crippen LogP contribution >= 0.6 is 0 Å². The number of rotatable bonds is 4. The Morgan fingerprint density at radius 1 is 1.50 bits per heavy atom. The molecule has 0 fully saturated rings. The van der Waals surface area contributed by atoms with Crippen molar-refractivity contribution in [2.45, 2.75) is 32.5 Å². The lowest BCUT2D eigenvalue weighted by Gasteiger charge is -2.23. The van der Waals surface area contributed by atoms with Crippen molar-refractivity contribution in [3.63, 3.8) is 0 Å². The number of nitrogens with two attached hydrogens (primary N) is 1. The first kappa shape index (κ1) is 14.2. The van der Waals surface area contributed by atoms with Crippen molar-refractivity contribution in [1.29, 1.82) is 0 Å². The van der Waals surface area contributed by atoms with Crippen molar-refractivity contribution in [3.8, 4) is 5.88 Å². The summed E-state index contributed by atoms with van der Waals surface area (Å²) < 4.78 is 10.3. The maximum Gasteiger partial charge on any atom is 0.350 e. The van der Waals surface area contributed by atoms with E-state index in [1.165, 1.54) is 0 Å². The molecule has 6 nitrogen and oxygen atoms in total. The summed E-state index contributed by atoms with van der Waals surface area (Å²) in [6.45, 7) is 4.71. The number of carbonyl (C=O) groups excluding carboxylic acids is 1. The van der Waals surface area contributed by atoms with Crippen molar-refractivity contribution in [3.05, 3.63) is 18.2 Å². The molecule has 1 atom stereocenters. The van der Waals surface area contributed by atoms with Gasteiger partial charge in [0, 0.05) is 6.07 Å². The second-order valence-corrected chi connectivity index (χ2v) is 4.72. The number of esters is 1. The number of aromatic nitrogens is 1. The summed E-state index contributed by atoms with van der Waals surface area (Å²) >= 11 is 0. The topological polar surface area (TPSA) is 94.7 Å². The van der Waals surface area contributed by atoms with Crippen molar-refractivity contribution in [1.82, 2.24) is 4.98 Å². The number of hydrogen-bond donors (Lipinski definition) is 2. The molecule has 1 rings (SSSR count). The SMILES string of the molecule is CC(C)(C)OC(=O)C(CO)Oc1cccc(N)n1. The van der Waals surface area contributed by atoms with Crippen LogP contribution in [0.1, 0.15) is 20.8 Å². The Kier molecular flexibility index (Phi) is 4.49. The molecule has 0 amide bonds. The molecule has 0 aromatic carbocycles. The van der Waals surface area contributed by atoms with Gasteiger partial charge in [-0.25, -0.2) is 4.79 Å². The number of carbonyl (C=O) groups is 1. The number of hydrogen-bond acceptors (Lipinski definition) is 6. The van der Waals surface area contributed by atoms with Gasteiger partial charge >= 0.3 is 5.97 Å². The standard InChI is InChI=1S/C12H18N2O4/c1-12(2,3)18-11(16)8(7-15)17-10-6-4-5-9(13)14-10/h4-6,8,15H,7H2,1-3H3,(H2,13,14). The molecule has 3 N–H and O–H groups in total. The normalized spacial score (nSPS) is 12.9. The summed E-state index contributed by atoms with van der Waals surface area (Å²) in [5, 5.41) is 9.14. The Morgan fingerprint density at radius 2 is 2.17 bits per heavy atom. The van der Waals surface area contributed by atoms with Crippen LogP contribution < -0.4 is 10.5 Å². The minimum atomic E-state index is -1.11. The highest BCUT2D eigenvalue weighted by atomic mass is 16.6. The minimum Gasteiger partial charge on any atom is -0.460 e. The first-order valence-electron chi connectivity index (χ1n) is 5.55. The quantitative estimate of drug-likeness (QED) is 0.770.